The zero-order valence-corrected chi connectivity index (χ0v) is 16.6. The van der Waals surface area contributed by atoms with E-state index in [0.29, 0.717) is 12.4 Å². The van der Waals surface area contributed by atoms with E-state index in [2.05, 4.69) is 28.5 Å². The number of nitrogens with one attached hydrogen (secondary N) is 2. The van der Waals surface area contributed by atoms with Gasteiger partial charge >= 0.3 is 0 Å². The molecule has 0 aliphatic heterocycles. The van der Waals surface area contributed by atoms with Crippen molar-refractivity contribution in [2.45, 2.75) is 26.2 Å². The number of ether oxygens (including phenoxy) is 3. The maximum atomic E-state index is 5.61. The van der Waals surface area contributed by atoms with Gasteiger partial charge in [-0.15, -0.1) is 0 Å². The van der Waals surface area contributed by atoms with Gasteiger partial charge in [-0.2, -0.15) is 5.10 Å². The molecule has 1 atom stereocenters. The van der Waals surface area contributed by atoms with Crippen LogP contribution in [0, 0.1) is 0 Å². The van der Waals surface area contributed by atoms with Crippen LogP contribution in [-0.4, -0.2) is 31.0 Å². The van der Waals surface area contributed by atoms with Gasteiger partial charge in [0.2, 0.25) is 0 Å². The van der Waals surface area contributed by atoms with Gasteiger partial charge < -0.3 is 19.5 Å². The molecule has 146 valence electrons. The van der Waals surface area contributed by atoms with E-state index in [1.807, 2.05) is 37.3 Å². The zero-order valence-electron chi connectivity index (χ0n) is 16.6. The van der Waals surface area contributed by atoms with Gasteiger partial charge in [0.1, 0.15) is 11.6 Å². The second-order valence-corrected chi connectivity index (χ2v) is 6.70. The average molecular weight is 379 g/mol. The van der Waals surface area contributed by atoms with Crippen LogP contribution in [0.4, 0.5) is 11.5 Å². The quantitative estimate of drug-likeness (QED) is 0.598. The second kappa shape index (κ2) is 7.46. The Labute approximate surface area is 164 Å². The largest absolute Gasteiger partial charge is 0.494 e. The molecule has 0 saturated carbocycles. The Kier molecular flexibility index (Phi) is 4.86. The van der Waals surface area contributed by atoms with E-state index in [4.69, 9.17) is 14.2 Å². The molecule has 1 aromatic heterocycles. The Hall–Kier alpha value is -3.15. The Morgan fingerprint density at radius 1 is 1.07 bits per heavy atom. The van der Waals surface area contributed by atoms with E-state index in [1.54, 1.807) is 14.2 Å². The lowest BCUT2D eigenvalue weighted by atomic mass is 9.94. The highest BCUT2D eigenvalue weighted by Crippen LogP contribution is 2.51. The van der Waals surface area contributed by atoms with Gasteiger partial charge in [0.05, 0.1) is 26.5 Å². The van der Waals surface area contributed by atoms with Crippen LogP contribution in [0.2, 0.25) is 0 Å². The van der Waals surface area contributed by atoms with Crippen molar-refractivity contribution in [1.29, 1.82) is 0 Å². The van der Waals surface area contributed by atoms with Crippen molar-refractivity contribution < 1.29 is 14.2 Å². The monoisotopic (exact) mass is 379 g/mol. The van der Waals surface area contributed by atoms with Gasteiger partial charge in [-0.25, -0.2) is 0 Å². The number of aromatic amines is 1. The standard InChI is InChI=1S/C22H25N3O3/c1-5-15-16-11-18(26-3)19(27-4)12-17(16)21-20(15)22(25-24-21)23-13-8-7-9-14(10-13)28-6-2/h7-12,15H,5-6H2,1-4H3,(H2,23,24,25). The Morgan fingerprint density at radius 3 is 2.57 bits per heavy atom. The van der Waals surface area contributed by atoms with Crippen LogP contribution in [-0.2, 0) is 0 Å². The summed E-state index contributed by atoms with van der Waals surface area (Å²) < 4.78 is 16.6. The maximum absolute atomic E-state index is 5.61. The zero-order chi connectivity index (χ0) is 19.7. The molecule has 0 bridgehead atoms. The Balaban J connectivity index is 1.74. The first-order chi connectivity index (χ1) is 13.7. The van der Waals surface area contributed by atoms with Gasteiger partial charge in [0.15, 0.2) is 11.5 Å². The lowest BCUT2D eigenvalue weighted by molar-refractivity contribution is 0.340. The third-order valence-electron chi connectivity index (χ3n) is 5.16. The summed E-state index contributed by atoms with van der Waals surface area (Å²) in [6.45, 7) is 4.81. The molecule has 1 heterocycles. The smallest absolute Gasteiger partial charge is 0.161 e. The van der Waals surface area contributed by atoms with Crippen molar-refractivity contribution >= 4 is 11.5 Å². The van der Waals surface area contributed by atoms with Crippen molar-refractivity contribution in [1.82, 2.24) is 10.2 Å². The predicted octanol–water partition coefficient (Wildman–Crippen LogP) is 5.09. The van der Waals surface area contributed by atoms with E-state index in [-0.39, 0.29) is 5.92 Å². The molecule has 0 spiro atoms. The summed E-state index contributed by atoms with van der Waals surface area (Å²) in [6, 6.07) is 12.0. The number of aromatic nitrogens is 2. The molecule has 2 N–H and O–H groups in total. The predicted molar refractivity (Wildman–Crippen MR) is 110 cm³/mol. The van der Waals surface area contributed by atoms with Crippen molar-refractivity contribution in [3.8, 4) is 28.5 Å². The number of rotatable bonds is 7. The normalized spacial score (nSPS) is 14.4. The molecule has 6 heteroatoms. The molecule has 1 aliphatic rings. The molecule has 1 aliphatic carbocycles. The van der Waals surface area contributed by atoms with Crippen molar-refractivity contribution in [2.75, 3.05) is 26.1 Å². The summed E-state index contributed by atoms with van der Waals surface area (Å²) in [7, 11) is 3.32. The van der Waals surface area contributed by atoms with Crippen molar-refractivity contribution in [2.24, 2.45) is 0 Å². The summed E-state index contributed by atoms with van der Waals surface area (Å²) >= 11 is 0. The third kappa shape index (κ3) is 2.95. The summed E-state index contributed by atoms with van der Waals surface area (Å²) in [5.41, 5.74) is 5.41. The number of hydrogen-bond acceptors (Lipinski definition) is 5. The van der Waals surface area contributed by atoms with Gasteiger partial charge in [-0.05, 0) is 43.2 Å². The number of benzene rings is 2. The summed E-state index contributed by atoms with van der Waals surface area (Å²) in [5.74, 6) is 3.44. The molecule has 6 nitrogen and oxygen atoms in total. The van der Waals surface area contributed by atoms with Crippen LogP contribution >= 0.6 is 0 Å². The molecular weight excluding hydrogens is 354 g/mol. The van der Waals surface area contributed by atoms with E-state index in [1.165, 1.54) is 11.1 Å². The van der Waals surface area contributed by atoms with Crippen LogP contribution in [0.3, 0.4) is 0 Å². The first-order valence-corrected chi connectivity index (χ1v) is 9.54. The van der Waals surface area contributed by atoms with Crippen molar-refractivity contribution in [3.63, 3.8) is 0 Å². The molecule has 0 fully saturated rings. The highest BCUT2D eigenvalue weighted by Gasteiger charge is 2.34. The number of H-pyrrole nitrogens is 1. The van der Waals surface area contributed by atoms with E-state index < -0.39 is 0 Å². The fraction of sp³-hybridized carbons (Fsp3) is 0.318. The molecule has 1 unspecified atom stereocenters. The number of hydrogen-bond donors (Lipinski definition) is 2. The van der Waals surface area contributed by atoms with Crippen LogP contribution < -0.4 is 19.5 Å². The lowest BCUT2D eigenvalue weighted by Gasteiger charge is -2.15. The van der Waals surface area contributed by atoms with Crippen molar-refractivity contribution in [3.05, 3.63) is 47.5 Å². The van der Waals surface area contributed by atoms with Gasteiger partial charge in [0, 0.05) is 28.8 Å². The maximum Gasteiger partial charge on any atom is 0.161 e. The first-order valence-electron chi connectivity index (χ1n) is 9.54. The minimum absolute atomic E-state index is 0.237. The van der Waals surface area contributed by atoms with Crippen LogP contribution in [0.5, 0.6) is 17.2 Å². The highest BCUT2D eigenvalue weighted by atomic mass is 16.5. The lowest BCUT2D eigenvalue weighted by Crippen LogP contribution is -2.01. The molecule has 2 aromatic carbocycles. The topological polar surface area (TPSA) is 68.4 Å². The van der Waals surface area contributed by atoms with Gasteiger partial charge in [0.25, 0.3) is 0 Å². The average Bonchev–Trinajstić information content (AvgIpc) is 3.25. The molecule has 4 rings (SSSR count). The number of nitrogens with zero attached hydrogens (tertiary/aromatic N) is 1. The molecule has 28 heavy (non-hydrogen) atoms. The number of fused-ring (bicyclic) bond motifs is 3. The molecule has 0 amide bonds. The number of anilines is 2. The minimum Gasteiger partial charge on any atom is -0.494 e. The molecule has 0 radical (unpaired) electrons. The third-order valence-corrected chi connectivity index (χ3v) is 5.16. The highest BCUT2D eigenvalue weighted by molar-refractivity contribution is 5.83. The molecular formula is C22H25N3O3. The van der Waals surface area contributed by atoms with E-state index in [9.17, 15) is 0 Å². The van der Waals surface area contributed by atoms with Crippen LogP contribution in [0.25, 0.3) is 11.3 Å². The van der Waals surface area contributed by atoms with E-state index >= 15 is 0 Å². The fourth-order valence-corrected chi connectivity index (χ4v) is 3.93. The summed E-state index contributed by atoms with van der Waals surface area (Å²) in [5, 5.41) is 11.3. The Bertz CT molecular complexity index is 997. The first kappa shape index (κ1) is 18.2. The van der Waals surface area contributed by atoms with Crippen LogP contribution in [0.1, 0.15) is 37.3 Å². The minimum atomic E-state index is 0.237. The number of methoxy groups -OCH3 is 2. The molecule has 3 aromatic rings. The summed E-state index contributed by atoms with van der Waals surface area (Å²) in [4.78, 5) is 0. The SMILES string of the molecule is CCOc1cccc(Nc2[nH]nc3c2C(CC)c2cc(OC)c(OC)cc2-3)c1. The van der Waals surface area contributed by atoms with E-state index in [0.717, 1.165) is 40.7 Å². The second-order valence-electron chi connectivity index (χ2n) is 6.70. The Morgan fingerprint density at radius 2 is 1.86 bits per heavy atom. The van der Waals surface area contributed by atoms with Gasteiger partial charge in [-0.1, -0.05) is 13.0 Å². The molecule has 0 saturated heterocycles. The fourth-order valence-electron chi connectivity index (χ4n) is 3.93. The van der Waals surface area contributed by atoms with Crippen LogP contribution in [0.15, 0.2) is 36.4 Å². The summed E-state index contributed by atoms with van der Waals surface area (Å²) in [6.07, 6.45) is 0.961. The van der Waals surface area contributed by atoms with Gasteiger partial charge in [-0.3, -0.25) is 5.10 Å².